The number of aryl methyl sites for hydroxylation is 2. The van der Waals surface area contributed by atoms with Gasteiger partial charge in [-0.25, -0.2) is 9.50 Å². The van der Waals surface area contributed by atoms with Crippen molar-refractivity contribution in [2.75, 3.05) is 14.2 Å². The van der Waals surface area contributed by atoms with E-state index in [0.29, 0.717) is 22.4 Å². The largest absolute Gasteiger partial charge is 0.497 e. The molecule has 0 aliphatic carbocycles. The molecule has 3 aromatic heterocycles. The van der Waals surface area contributed by atoms with Crippen molar-refractivity contribution >= 4 is 23.2 Å². The molecule has 0 radical (unpaired) electrons. The van der Waals surface area contributed by atoms with Crippen molar-refractivity contribution in [3.8, 4) is 17.0 Å². The number of ether oxygens (including phenoxy) is 1. The number of hydrogen-bond donors (Lipinski definition) is 0. The lowest BCUT2D eigenvalue weighted by Crippen LogP contribution is -2.27. The van der Waals surface area contributed by atoms with Crippen LogP contribution in [0.4, 0.5) is 13.2 Å². The molecule has 0 unspecified atom stereocenters. The van der Waals surface area contributed by atoms with Crippen LogP contribution in [0.15, 0.2) is 36.5 Å². The monoisotopic (exact) mass is 506 g/mol. The number of fused-ring (bicyclic) bond motifs is 1. The van der Waals surface area contributed by atoms with Crippen molar-refractivity contribution in [1.82, 2.24) is 29.3 Å². The van der Waals surface area contributed by atoms with E-state index in [-0.39, 0.29) is 28.6 Å². The minimum absolute atomic E-state index is 0.0143. The van der Waals surface area contributed by atoms with Crippen LogP contribution in [0.25, 0.3) is 16.9 Å². The molecule has 35 heavy (non-hydrogen) atoms. The zero-order chi connectivity index (χ0) is 25.5. The van der Waals surface area contributed by atoms with Gasteiger partial charge in [0, 0.05) is 37.5 Å². The number of rotatable bonds is 6. The highest BCUT2D eigenvalue weighted by Gasteiger charge is 2.37. The average Bonchev–Trinajstić information content (AvgIpc) is 3.36. The molecule has 0 fully saturated rings. The number of amides is 1. The zero-order valence-corrected chi connectivity index (χ0v) is 20.1. The molecule has 0 saturated carbocycles. The van der Waals surface area contributed by atoms with Gasteiger partial charge in [0.2, 0.25) is 0 Å². The number of carbonyl (C=O) groups excluding carboxylic acids is 1. The van der Waals surface area contributed by atoms with Crippen LogP contribution in [0.5, 0.6) is 5.75 Å². The second kappa shape index (κ2) is 9.21. The van der Waals surface area contributed by atoms with E-state index in [2.05, 4.69) is 15.2 Å². The Balaban J connectivity index is 1.79. The highest BCUT2D eigenvalue weighted by molar-refractivity contribution is 6.36. The van der Waals surface area contributed by atoms with Crippen LogP contribution >= 0.6 is 11.6 Å². The van der Waals surface area contributed by atoms with Gasteiger partial charge in [-0.15, -0.1) is 0 Å². The zero-order valence-electron chi connectivity index (χ0n) is 19.4. The standard InChI is InChI=1S/C23H22ClF3N6O2/c1-5-32-12-15(13(2)29-32)11-31(3)22(34)20-19(24)21-28-17(14-7-6-8-16(9-14)35-4)10-18(23(25,26)27)33(21)30-20/h6-10,12H,5,11H2,1-4H3. The third-order valence-electron chi connectivity index (χ3n) is 5.52. The summed E-state index contributed by atoms with van der Waals surface area (Å²) in [5.74, 6) is -0.184. The van der Waals surface area contributed by atoms with Gasteiger partial charge in [-0.3, -0.25) is 9.48 Å². The van der Waals surface area contributed by atoms with Gasteiger partial charge in [-0.2, -0.15) is 23.4 Å². The van der Waals surface area contributed by atoms with Gasteiger partial charge in [0.15, 0.2) is 17.0 Å². The molecule has 0 atom stereocenters. The molecule has 3 heterocycles. The molecule has 4 aromatic rings. The molecule has 184 valence electrons. The van der Waals surface area contributed by atoms with Gasteiger partial charge in [0.25, 0.3) is 5.91 Å². The first-order valence-electron chi connectivity index (χ1n) is 10.6. The fourth-order valence-electron chi connectivity index (χ4n) is 3.64. The summed E-state index contributed by atoms with van der Waals surface area (Å²) in [6, 6.07) is 7.33. The van der Waals surface area contributed by atoms with Gasteiger partial charge < -0.3 is 9.64 Å². The average molecular weight is 507 g/mol. The molecule has 8 nitrogen and oxygen atoms in total. The Morgan fingerprint density at radius 1 is 1.23 bits per heavy atom. The maximum Gasteiger partial charge on any atom is 0.433 e. The minimum Gasteiger partial charge on any atom is -0.497 e. The van der Waals surface area contributed by atoms with Crippen LogP contribution in [0.1, 0.15) is 34.4 Å². The van der Waals surface area contributed by atoms with Gasteiger partial charge in [-0.05, 0) is 32.0 Å². The van der Waals surface area contributed by atoms with Crippen LogP contribution in [0.2, 0.25) is 5.02 Å². The number of methoxy groups -OCH3 is 1. The van der Waals surface area contributed by atoms with E-state index in [1.54, 1.807) is 28.9 Å². The lowest BCUT2D eigenvalue weighted by atomic mass is 10.1. The number of alkyl halides is 3. The second-order valence-corrected chi connectivity index (χ2v) is 8.29. The van der Waals surface area contributed by atoms with Crippen LogP contribution in [-0.2, 0) is 19.3 Å². The van der Waals surface area contributed by atoms with E-state index in [9.17, 15) is 18.0 Å². The molecule has 0 bridgehead atoms. The summed E-state index contributed by atoms with van der Waals surface area (Å²) in [4.78, 5) is 18.8. The molecular formula is C23H22ClF3N6O2. The molecule has 1 amide bonds. The topological polar surface area (TPSA) is 77.6 Å². The predicted molar refractivity (Wildman–Crippen MR) is 123 cm³/mol. The summed E-state index contributed by atoms with van der Waals surface area (Å²) < 4.78 is 49.4. The van der Waals surface area contributed by atoms with Crippen LogP contribution in [0, 0.1) is 6.92 Å². The van der Waals surface area contributed by atoms with E-state index in [1.807, 2.05) is 20.0 Å². The van der Waals surface area contributed by atoms with E-state index in [1.165, 1.54) is 19.1 Å². The smallest absolute Gasteiger partial charge is 0.433 e. The quantitative estimate of drug-likeness (QED) is 0.373. The fraction of sp³-hybridized carbons (Fsp3) is 0.304. The summed E-state index contributed by atoms with van der Waals surface area (Å²) in [5.41, 5.74) is 0.252. The third-order valence-corrected chi connectivity index (χ3v) is 5.87. The Labute approximate surface area is 203 Å². The van der Waals surface area contributed by atoms with Gasteiger partial charge >= 0.3 is 6.18 Å². The van der Waals surface area contributed by atoms with E-state index in [4.69, 9.17) is 16.3 Å². The SMILES string of the molecule is CCn1cc(CN(C)C(=O)c2nn3c(C(F)(F)F)cc(-c4cccc(OC)c4)nc3c2Cl)c(C)n1. The molecule has 0 aliphatic heterocycles. The third kappa shape index (κ3) is 4.68. The van der Waals surface area contributed by atoms with Crippen molar-refractivity contribution in [2.24, 2.45) is 0 Å². The second-order valence-electron chi connectivity index (χ2n) is 7.91. The molecule has 4 rings (SSSR count). The summed E-state index contributed by atoms with van der Waals surface area (Å²) in [5, 5.41) is 8.00. The first-order chi connectivity index (χ1) is 16.5. The van der Waals surface area contributed by atoms with E-state index >= 15 is 0 Å². The van der Waals surface area contributed by atoms with Crippen LogP contribution < -0.4 is 4.74 Å². The molecule has 12 heteroatoms. The van der Waals surface area contributed by atoms with Gasteiger partial charge in [0.05, 0.1) is 18.5 Å². The fourth-order valence-corrected chi connectivity index (χ4v) is 3.89. The van der Waals surface area contributed by atoms with E-state index < -0.39 is 17.8 Å². The highest BCUT2D eigenvalue weighted by Crippen LogP contribution is 2.35. The first kappa shape index (κ1) is 24.5. The first-order valence-corrected chi connectivity index (χ1v) is 11.0. The number of nitrogens with zero attached hydrogens (tertiary/aromatic N) is 6. The lowest BCUT2D eigenvalue weighted by Gasteiger charge is -2.15. The molecule has 0 saturated heterocycles. The van der Waals surface area contributed by atoms with E-state index in [0.717, 1.165) is 17.3 Å². The number of carbonyl (C=O) groups is 1. The Bertz CT molecular complexity index is 1410. The van der Waals surface area contributed by atoms with Crippen LogP contribution in [0.3, 0.4) is 0 Å². The summed E-state index contributed by atoms with van der Waals surface area (Å²) in [6.07, 6.45) is -2.96. The van der Waals surface area contributed by atoms with Crippen LogP contribution in [-0.4, -0.2) is 49.3 Å². The predicted octanol–water partition coefficient (Wildman–Crippen LogP) is 4.87. The summed E-state index contributed by atoms with van der Waals surface area (Å²) in [7, 11) is 2.97. The molecule has 1 aromatic carbocycles. The Hall–Kier alpha value is -3.60. The normalized spacial score (nSPS) is 11.8. The number of halogens is 4. The molecular weight excluding hydrogens is 485 g/mol. The minimum atomic E-state index is -4.78. The molecule has 0 spiro atoms. The number of hydrogen-bond acceptors (Lipinski definition) is 5. The Morgan fingerprint density at radius 2 is 1.97 bits per heavy atom. The van der Waals surface area contributed by atoms with Gasteiger partial charge in [0.1, 0.15) is 10.8 Å². The summed E-state index contributed by atoms with van der Waals surface area (Å²) in [6.45, 7) is 4.60. The van der Waals surface area contributed by atoms with Crippen molar-refractivity contribution in [2.45, 2.75) is 33.1 Å². The number of benzene rings is 1. The lowest BCUT2D eigenvalue weighted by molar-refractivity contribution is -0.142. The van der Waals surface area contributed by atoms with Crippen molar-refractivity contribution in [3.05, 3.63) is 64.2 Å². The van der Waals surface area contributed by atoms with Crippen molar-refractivity contribution in [3.63, 3.8) is 0 Å². The maximum absolute atomic E-state index is 14.0. The van der Waals surface area contributed by atoms with Crippen molar-refractivity contribution in [1.29, 1.82) is 0 Å². The highest BCUT2D eigenvalue weighted by atomic mass is 35.5. The molecule has 0 N–H and O–H groups in total. The maximum atomic E-state index is 14.0. The summed E-state index contributed by atoms with van der Waals surface area (Å²) >= 11 is 6.40. The van der Waals surface area contributed by atoms with Gasteiger partial charge in [-0.1, -0.05) is 23.7 Å². The molecule has 0 aliphatic rings. The Kier molecular flexibility index (Phi) is 6.46. The van der Waals surface area contributed by atoms with Crippen molar-refractivity contribution < 1.29 is 22.7 Å². The Morgan fingerprint density at radius 3 is 2.60 bits per heavy atom. The number of aromatic nitrogens is 5.